The van der Waals surface area contributed by atoms with E-state index in [-0.39, 0.29) is 27.3 Å². The largest absolute Gasteiger partial charge is 2.00 e. The van der Waals surface area contributed by atoms with E-state index in [4.69, 9.17) is 0 Å². The molecular weight excluding hydrogens is 412 g/mol. The first-order chi connectivity index (χ1) is 2.00. The summed E-state index contributed by atoms with van der Waals surface area (Å²) in [5, 5.41) is 0. The van der Waals surface area contributed by atoms with Gasteiger partial charge in [-0.3, -0.25) is 0 Å². The zero-order valence-corrected chi connectivity index (χ0v) is 14.6. The van der Waals surface area contributed by atoms with Crippen molar-refractivity contribution in [3.8, 4) is 0 Å². The normalized spacial score (nSPS) is 1.60. The molecule has 0 fully saturated rings. The monoisotopic (exact) mass is 416 g/mol. The third-order valence-electron chi connectivity index (χ3n) is 0. The van der Waals surface area contributed by atoms with Crippen LogP contribution >= 0.6 is 0 Å². The van der Waals surface area contributed by atoms with Crippen molar-refractivity contribution in [2.45, 2.75) is 0 Å². The first-order valence-corrected chi connectivity index (χ1v) is 12.1. The average molecular weight is 414 g/mol. The SMILES string of the molecule is [As-]=[AsH].[As-]=[AsH].[Cd+2]. The van der Waals surface area contributed by atoms with Crippen LogP contribution in [0.1, 0.15) is 0 Å². The van der Waals surface area contributed by atoms with Gasteiger partial charge in [-0.15, -0.1) is 0 Å². The third kappa shape index (κ3) is 19.1. The first-order valence-electron chi connectivity index (χ1n) is 0.447. The second kappa shape index (κ2) is 27.2. The van der Waals surface area contributed by atoms with Crippen LogP contribution in [0.3, 0.4) is 0 Å². The molecule has 0 bridgehead atoms. The van der Waals surface area contributed by atoms with Crippen LogP contribution in [-0.2, 0) is 27.3 Å². The van der Waals surface area contributed by atoms with Crippen molar-refractivity contribution in [1.82, 2.24) is 0 Å². The van der Waals surface area contributed by atoms with Gasteiger partial charge < -0.3 is 0 Å². The van der Waals surface area contributed by atoms with E-state index in [0.717, 1.165) is 0 Å². The Labute approximate surface area is 82.5 Å². The molecule has 0 rings (SSSR count). The molecule has 0 heterocycles. The molecule has 0 aliphatic heterocycles. The van der Waals surface area contributed by atoms with E-state index in [0.29, 0.717) is 0 Å². The molecule has 0 amide bonds. The number of rotatable bonds is 0. The molecule has 0 radical (unpaired) electrons. The molecule has 0 aromatic rings. The fourth-order valence-corrected chi connectivity index (χ4v) is 0. The molecule has 0 spiro atoms. The van der Waals surface area contributed by atoms with E-state index >= 15 is 0 Å². The summed E-state index contributed by atoms with van der Waals surface area (Å²) in [7, 11) is 0. The van der Waals surface area contributed by atoms with E-state index in [1.165, 1.54) is 0 Å². The van der Waals surface area contributed by atoms with Crippen molar-refractivity contribution in [3.05, 3.63) is 0 Å². The predicted molar refractivity (Wildman–Crippen MR) is 25.8 cm³/mol. The molecule has 0 saturated carbocycles. The van der Waals surface area contributed by atoms with Crippen molar-refractivity contribution in [1.29, 1.82) is 0 Å². The van der Waals surface area contributed by atoms with Crippen LogP contribution in [0, 0.1) is 0 Å². The Morgan fingerprint density at radius 3 is 0.800 bits per heavy atom. The summed E-state index contributed by atoms with van der Waals surface area (Å²) < 4.78 is 0. The topological polar surface area (TPSA) is 0 Å². The predicted octanol–water partition coefficient (Wildman–Crippen LogP) is -2.06. The van der Waals surface area contributed by atoms with Gasteiger partial charge in [-0.05, 0) is 0 Å². The summed E-state index contributed by atoms with van der Waals surface area (Å²) in [5.74, 6) is 0. The van der Waals surface area contributed by atoms with Gasteiger partial charge in [-0.1, -0.05) is 0 Å². The summed E-state index contributed by atoms with van der Waals surface area (Å²) in [6.07, 6.45) is 0. The van der Waals surface area contributed by atoms with Crippen LogP contribution in [0.4, 0.5) is 0 Å². The molecule has 0 N–H and O–H groups in total. The van der Waals surface area contributed by atoms with Crippen molar-refractivity contribution in [2.75, 3.05) is 0 Å². The molecule has 5 heteroatoms. The summed E-state index contributed by atoms with van der Waals surface area (Å²) in [6, 6.07) is 0. The van der Waals surface area contributed by atoms with E-state index in [1.807, 2.05) is 28.5 Å². The summed E-state index contributed by atoms with van der Waals surface area (Å²) >= 11 is 8.50. The summed E-state index contributed by atoms with van der Waals surface area (Å²) in [6.45, 7) is 0. The quantitative estimate of drug-likeness (QED) is 0.401. The van der Waals surface area contributed by atoms with Crippen LogP contribution in [0.15, 0.2) is 0 Å². The molecule has 0 aromatic heterocycles. The smallest absolute Gasteiger partial charge is 2.00 e. The Kier molecular flexibility index (Phi) is 85.6. The maximum atomic E-state index is 2.31. The Morgan fingerprint density at radius 1 is 0.800 bits per heavy atom. The van der Waals surface area contributed by atoms with E-state index in [9.17, 15) is 0 Å². The molecule has 0 unspecified atom stereocenters. The molecule has 0 aromatic carbocycles. The molecule has 24 valence electrons. The molecular formula is H2As4Cd. The minimum Gasteiger partial charge on any atom is 2.00 e. The second-order valence-corrected chi connectivity index (χ2v) is 0. The van der Waals surface area contributed by atoms with E-state index in [1.54, 1.807) is 0 Å². The fraction of sp³-hybridized carbons (Fsp3) is 0. The van der Waals surface area contributed by atoms with Gasteiger partial charge in [0.25, 0.3) is 0 Å². The van der Waals surface area contributed by atoms with Crippen molar-refractivity contribution >= 4 is 57.0 Å². The van der Waals surface area contributed by atoms with E-state index in [2.05, 4.69) is 28.5 Å². The van der Waals surface area contributed by atoms with Gasteiger partial charge in [0, 0.05) is 0 Å². The van der Waals surface area contributed by atoms with Gasteiger partial charge >= 0.3 is 84.3 Å². The maximum Gasteiger partial charge on any atom is 2.00 e. The fourth-order valence-electron chi connectivity index (χ4n) is 0. The van der Waals surface area contributed by atoms with E-state index < -0.39 is 0 Å². The van der Waals surface area contributed by atoms with Crippen LogP contribution in [0.25, 0.3) is 0 Å². The van der Waals surface area contributed by atoms with Crippen molar-refractivity contribution in [2.24, 2.45) is 0 Å². The molecule has 0 nitrogen and oxygen atoms in total. The first kappa shape index (κ1) is 15.7. The molecule has 0 aliphatic carbocycles. The minimum atomic E-state index is 0. The molecule has 0 atom stereocenters. The van der Waals surface area contributed by atoms with Crippen molar-refractivity contribution < 1.29 is 27.3 Å². The summed E-state index contributed by atoms with van der Waals surface area (Å²) in [5.41, 5.74) is 0. The second-order valence-electron chi connectivity index (χ2n) is 0. The third-order valence-corrected chi connectivity index (χ3v) is 0. The van der Waals surface area contributed by atoms with Crippen LogP contribution in [0.2, 0.25) is 0 Å². The van der Waals surface area contributed by atoms with Gasteiger partial charge in [0.2, 0.25) is 0 Å². The van der Waals surface area contributed by atoms with Gasteiger partial charge in [0.15, 0.2) is 0 Å². The van der Waals surface area contributed by atoms with Gasteiger partial charge in [0.05, 0.1) is 0 Å². The zero-order valence-electron chi connectivity index (χ0n) is 2.60. The Hall–Kier alpha value is 3.16. The Bertz CT molecular complexity index is 5.61. The Balaban J connectivity index is -0.0000000133. The Morgan fingerprint density at radius 2 is 0.800 bits per heavy atom. The van der Waals surface area contributed by atoms with Gasteiger partial charge in [-0.25, -0.2) is 0 Å². The van der Waals surface area contributed by atoms with Crippen LogP contribution < -0.4 is 0 Å². The van der Waals surface area contributed by atoms with Crippen molar-refractivity contribution in [3.63, 3.8) is 0 Å². The number of hydrogen-bond donors (Lipinski definition) is 0. The molecule has 0 aliphatic rings. The number of hydrogen-bond acceptors (Lipinski definition) is 0. The maximum absolute atomic E-state index is 2.31. The van der Waals surface area contributed by atoms with Gasteiger partial charge in [-0.2, -0.15) is 0 Å². The minimum absolute atomic E-state index is 0. The van der Waals surface area contributed by atoms with Crippen LogP contribution in [-0.4, -0.2) is 57.0 Å². The average Bonchev–Trinajstić information content (AvgIpc) is 1.50. The standard InChI is InChI=1S/2As2H.Cd/c2*1-2;/h2*1H;/q2*-1;+2. The zero-order chi connectivity index (χ0) is 4.00. The molecule has 0 saturated heterocycles. The van der Waals surface area contributed by atoms with Gasteiger partial charge in [0.1, 0.15) is 0 Å². The molecule has 5 heavy (non-hydrogen) atoms. The van der Waals surface area contributed by atoms with Crippen LogP contribution in [0.5, 0.6) is 0 Å². The summed E-state index contributed by atoms with van der Waals surface area (Å²) in [4.78, 5) is 0.